The molecule has 3 aliphatic heterocycles. The molecule has 3 fully saturated rings. The molecule has 6 unspecified atom stereocenters. The van der Waals surface area contributed by atoms with E-state index >= 15 is 0 Å². The number of ether oxygens (including phenoxy) is 2. The minimum absolute atomic E-state index is 0.0547. The Bertz CT molecular complexity index is 2110. The number of methoxy groups -OCH3 is 2. The number of nitrogens with one attached hydrogen (secondary N) is 2. The quantitative estimate of drug-likeness (QED) is 0.149. The number of nitrogens with zero attached hydrogens (tertiary/aromatic N) is 3. The number of carbonyl (C=O) groups excluding carboxylic acids is 6. The maximum atomic E-state index is 14.1. The Morgan fingerprint density at radius 1 is 0.615 bits per heavy atom. The number of carbonyl (C=O) groups is 6. The highest BCUT2D eigenvalue weighted by Gasteiger charge is 2.53. The van der Waals surface area contributed by atoms with E-state index in [2.05, 4.69) is 60.6 Å². The van der Waals surface area contributed by atoms with E-state index in [9.17, 15) is 28.8 Å². The molecule has 0 radical (unpaired) electrons. The molecule has 15 nitrogen and oxygen atoms in total. The van der Waals surface area contributed by atoms with Crippen molar-refractivity contribution in [3.8, 4) is 0 Å². The summed E-state index contributed by atoms with van der Waals surface area (Å²) in [5.41, 5.74) is 15.0. The second kappa shape index (κ2) is 19.2. The van der Waals surface area contributed by atoms with Crippen LogP contribution in [0.5, 0.6) is 0 Å². The smallest absolute Gasteiger partial charge is 0.407 e. The van der Waals surface area contributed by atoms with Crippen LogP contribution < -0.4 is 27.0 Å². The van der Waals surface area contributed by atoms with Gasteiger partial charge in [-0.05, 0) is 95.7 Å². The summed E-state index contributed by atoms with van der Waals surface area (Å²) in [7, 11) is 2.47. The maximum absolute atomic E-state index is 14.1. The first-order chi connectivity index (χ1) is 30.7. The number of hydrogen-bond acceptors (Lipinski definition) is 9. The molecule has 3 aliphatic rings. The molecule has 0 bridgehead atoms. The largest absolute Gasteiger partial charge is 0.453 e. The summed E-state index contributed by atoms with van der Waals surface area (Å²) in [6.07, 6.45) is 1.92. The van der Waals surface area contributed by atoms with E-state index in [-0.39, 0.29) is 29.3 Å². The Morgan fingerprint density at radius 2 is 0.985 bits per heavy atom. The molecule has 6 atom stereocenters. The van der Waals surface area contributed by atoms with Gasteiger partial charge in [-0.2, -0.15) is 0 Å². The van der Waals surface area contributed by atoms with Crippen LogP contribution in [0.2, 0.25) is 0 Å². The van der Waals surface area contributed by atoms with Gasteiger partial charge in [0, 0.05) is 18.8 Å². The van der Waals surface area contributed by atoms with Crippen LogP contribution in [-0.2, 0) is 45.1 Å². The van der Waals surface area contributed by atoms with Crippen molar-refractivity contribution in [1.29, 1.82) is 0 Å². The second-order valence-electron chi connectivity index (χ2n) is 19.4. The molecule has 0 spiro atoms. The molecule has 3 saturated heterocycles. The number of rotatable bonds is 13. The van der Waals surface area contributed by atoms with Gasteiger partial charge in [0.25, 0.3) is 0 Å². The van der Waals surface area contributed by atoms with Gasteiger partial charge >= 0.3 is 12.2 Å². The first-order valence-corrected chi connectivity index (χ1v) is 22.7. The lowest BCUT2D eigenvalue weighted by Crippen LogP contribution is -2.59. The van der Waals surface area contributed by atoms with Crippen molar-refractivity contribution in [3.05, 3.63) is 101 Å². The second-order valence-corrected chi connectivity index (χ2v) is 19.4. The van der Waals surface area contributed by atoms with Crippen LogP contribution in [0, 0.1) is 11.8 Å². The van der Waals surface area contributed by atoms with Gasteiger partial charge in [0.1, 0.15) is 23.2 Å². The molecule has 3 aromatic rings. The van der Waals surface area contributed by atoms with Gasteiger partial charge in [-0.15, -0.1) is 0 Å². The van der Waals surface area contributed by atoms with E-state index < -0.39 is 59.0 Å². The first-order valence-electron chi connectivity index (χ1n) is 22.7. The Balaban J connectivity index is 1.35. The van der Waals surface area contributed by atoms with E-state index in [0.29, 0.717) is 49.9 Å². The van der Waals surface area contributed by atoms with Gasteiger partial charge in [0.05, 0.1) is 26.3 Å². The Labute approximate surface area is 382 Å². The molecule has 3 heterocycles. The van der Waals surface area contributed by atoms with Crippen molar-refractivity contribution >= 4 is 41.5 Å². The number of benzene rings is 3. The predicted octanol–water partition coefficient (Wildman–Crippen LogP) is 6.43. The third-order valence-electron chi connectivity index (χ3n) is 13.9. The molecule has 3 aromatic carbocycles. The Kier molecular flexibility index (Phi) is 14.2. The zero-order chi connectivity index (χ0) is 47.6. The third-order valence-corrected chi connectivity index (χ3v) is 13.9. The summed E-state index contributed by atoms with van der Waals surface area (Å²) in [5, 5.41) is 5.30. The predicted molar refractivity (Wildman–Crippen MR) is 247 cm³/mol. The molecular formula is C50H67N7O8. The molecule has 15 heteroatoms. The standard InChI is InChI=1S/C50H67N7O8/c1-30(2)40(53-46(62)64-8)42(58)55-28-10-26-49(55,44(51)60)35-16-12-32(13-17-35)38-24-25-39(57(38)37-22-20-34(21-23-37)48(5,6)7)33-14-18-36(19-15-33)50(45(52)61)27-11-29-56(50)43(59)41(31(3)4)54-47(63)65-9/h12-23,30-31,38-41H,10-11,24-29H2,1-9H3,(H2,51,60)(H2,52,61)(H,53,62)(H,54,63). The van der Waals surface area contributed by atoms with Crippen LogP contribution in [0.4, 0.5) is 15.3 Å². The van der Waals surface area contributed by atoms with Gasteiger partial charge in [-0.25, -0.2) is 9.59 Å². The lowest BCUT2D eigenvalue weighted by atomic mass is 9.84. The first kappa shape index (κ1) is 48.3. The van der Waals surface area contributed by atoms with Crippen molar-refractivity contribution in [2.24, 2.45) is 23.3 Å². The van der Waals surface area contributed by atoms with Crippen LogP contribution in [0.1, 0.15) is 127 Å². The van der Waals surface area contributed by atoms with Crippen LogP contribution in [0.15, 0.2) is 72.8 Å². The lowest BCUT2D eigenvalue weighted by Gasteiger charge is -2.39. The van der Waals surface area contributed by atoms with Crippen LogP contribution >= 0.6 is 0 Å². The molecule has 6 rings (SSSR count). The maximum Gasteiger partial charge on any atom is 0.407 e. The average Bonchev–Trinajstić information content (AvgIpc) is 4.05. The molecule has 65 heavy (non-hydrogen) atoms. The van der Waals surface area contributed by atoms with Crippen LogP contribution in [0.3, 0.4) is 0 Å². The van der Waals surface area contributed by atoms with E-state index in [4.69, 9.17) is 20.9 Å². The summed E-state index contributed by atoms with van der Waals surface area (Å²) in [6.45, 7) is 14.4. The van der Waals surface area contributed by atoms with Crippen LogP contribution in [0.25, 0.3) is 0 Å². The fourth-order valence-electron chi connectivity index (χ4n) is 10.3. The highest BCUT2D eigenvalue weighted by Crippen LogP contribution is 2.49. The Morgan fingerprint density at radius 3 is 1.29 bits per heavy atom. The fourth-order valence-corrected chi connectivity index (χ4v) is 10.3. The number of nitrogens with two attached hydrogens (primary N) is 2. The van der Waals surface area contributed by atoms with Gasteiger partial charge in [-0.3, -0.25) is 19.2 Å². The van der Waals surface area contributed by atoms with Gasteiger partial charge in [0.2, 0.25) is 23.6 Å². The minimum atomic E-state index is -1.40. The Hall–Kier alpha value is -6.12. The molecule has 350 valence electrons. The summed E-state index contributed by atoms with van der Waals surface area (Å²) < 4.78 is 9.61. The average molecular weight is 894 g/mol. The van der Waals surface area contributed by atoms with Crippen LogP contribution in [-0.4, -0.2) is 85.0 Å². The molecule has 0 aromatic heterocycles. The summed E-state index contributed by atoms with van der Waals surface area (Å²) >= 11 is 0. The molecule has 6 amide bonds. The zero-order valence-electron chi connectivity index (χ0n) is 39.3. The molecule has 0 aliphatic carbocycles. The van der Waals surface area contributed by atoms with E-state index in [1.165, 1.54) is 29.6 Å². The summed E-state index contributed by atoms with van der Waals surface area (Å²) in [4.78, 5) is 85.3. The number of likely N-dealkylation sites (tertiary alicyclic amines) is 2. The number of alkyl carbamates (subject to hydrolysis) is 2. The van der Waals surface area contributed by atoms with Crippen molar-refractivity contribution in [3.63, 3.8) is 0 Å². The fraction of sp³-hybridized carbons (Fsp3) is 0.520. The van der Waals surface area contributed by atoms with Crippen molar-refractivity contribution in [1.82, 2.24) is 20.4 Å². The van der Waals surface area contributed by atoms with E-state index in [1.807, 2.05) is 76.2 Å². The van der Waals surface area contributed by atoms with E-state index in [1.54, 1.807) is 0 Å². The summed E-state index contributed by atoms with van der Waals surface area (Å²) in [6, 6.07) is 22.3. The number of amides is 6. The summed E-state index contributed by atoms with van der Waals surface area (Å²) in [5.74, 6) is -2.63. The highest BCUT2D eigenvalue weighted by molar-refractivity contribution is 5.96. The number of anilines is 1. The topological polar surface area (TPSA) is 207 Å². The van der Waals surface area contributed by atoms with Crippen molar-refractivity contribution in [2.45, 2.75) is 128 Å². The number of hydrogen-bond donors (Lipinski definition) is 4. The monoisotopic (exact) mass is 894 g/mol. The van der Waals surface area contributed by atoms with Gasteiger partial charge < -0.3 is 46.3 Å². The highest BCUT2D eigenvalue weighted by atomic mass is 16.5. The van der Waals surface area contributed by atoms with E-state index in [0.717, 1.165) is 29.7 Å². The molecule has 0 saturated carbocycles. The molecular weight excluding hydrogens is 827 g/mol. The van der Waals surface area contributed by atoms with Gasteiger partial charge in [-0.1, -0.05) is 109 Å². The van der Waals surface area contributed by atoms with Crippen molar-refractivity contribution in [2.75, 3.05) is 32.2 Å². The molecule has 6 N–H and O–H groups in total. The minimum Gasteiger partial charge on any atom is -0.453 e. The third kappa shape index (κ3) is 9.11. The van der Waals surface area contributed by atoms with Gasteiger partial charge in [0.15, 0.2) is 0 Å². The lowest BCUT2D eigenvalue weighted by molar-refractivity contribution is -0.146. The zero-order valence-corrected chi connectivity index (χ0v) is 39.3. The normalized spacial score (nSPS) is 23.0. The number of primary amides is 2. The SMILES string of the molecule is COC(=O)NC(C(=O)N1CCCC1(C(N)=O)c1ccc(C2CCC(c3ccc(C4(C(N)=O)CCCN4C(=O)C(NC(=O)OC)C(C)C)cc3)N2c2ccc(C(C)(C)C)cc2)cc1)C(C)C. The van der Waals surface area contributed by atoms with Crippen molar-refractivity contribution < 1.29 is 38.2 Å².